The Morgan fingerprint density at radius 3 is 2.32 bits per heavy atom. The van der Waals surface area contributed by atoms with Crippen LogP contribution in [0.2, 0.25) is 0 Å². The summed E-state index contributed by atoms with van der Waals surface area (Å²) < 4.78 is 0. The van der Waals surface area contributed by atoms with Crippen LogP contribution in [-0.4, -0.2) is 47.3 Å². The predicted octanol–water partition coefficient (Wildman–Crippen LogP) is -0.330. The Morgan fingerprint density at radius 2 is 1.79 bits per heavy atom. The first-order valence-corrected chi connectivity index (χ1v) is 5.82. The maximum atomic E-state index is 12.0. The van der Waals surface area contributed by atoms with Crippen LogP contribution in [-0.2, 0) is 20.8 Å². The van der Waals surface area contributed by atoms with Crippen molar-refractivity contribution in [3.63, 3.8) is 0 Å². The summed E-state index contributed by atoms with van der Waals surface area (Å²) in [6.07, 6.45) is 0.119. The Balaban J connectivity index is 2.67. The summed E-state index contributed by atoms with van der Waals surface area (Å²) in [7, 11) is 0. The number of carboxylic acid groups (broad SMARTS) is 1. The van der Waals surface area contributed by atoms with Crippen LogP contribution in [0, 0.1) is 0 Å². The number of carbonyl (C=O) groups is 3. The van der Waals surface area contributed by atoms with Crippen molar-refractivity contribution in [1.82, 2.24) is 4.90 Å². The molecule has 0 aromatic heterocycles. The third-order valence-corrected chi connectivity index (χ3v) is 2.52. The fourth-order valence-corrected chi connectivity index (χ4v) is 1.57. The summed E-state index contributed by atoms with van der Waals surface area (Å²) in [5, 5.41) is 8.55. The molecule has 102 valence electrons. The Kier molecular flexibility index (Phi) is 5.69. The van der Waals surface area contributed by atoms with Crippen LogP contribution in [0.1, 0.15) is 5.56 Å². The molecule has 0 heterocycles. The Morgan fingerprint density at radius 1 is 1.16 bits per heavy atom. The van der Waals surface area contributed by atoms with Gasteiger partial charge in [0.05, 0.1) is 13.0 Å². The van der Waals surface area contributed by atoms with E-state index in [1.807, 2.05) is 6.07 Å². The van der Waals surface area contributed by atoms with Gasteiger partial charge in [0.1, 0.15) is 0 Å². The van der Waals surface area contributed by atoms with Crippen molar-refractivity contribution in [2.45, 2.75) is 6.42 Å². The van der Waals surface area contributed by atoms with Gasteiger partial charge in [-0.25, -0.2) is 4.79 Å². The molecule has 0 aliphatic carbocycles. The van der Waals surface area contributed by atoms with Crippen LogP contribution in [0.15, 0.2) is 30.3 Å². The second kappa shape index (κ2) is 7.27. The standard InChI is InChI=1S/C13H16N2O4/c14-6-7-15(9-11(16)13(18)19)12(17)8-10-4-2-1-3-5-10/h1-5H,6-9,14H2,(H,18,19). The number of rotatable bonds is 7. The zero-order valence-electron chi connectivity index (χ0n) is 10.4. The first-order chi connectivity index (χ1) is 9.04. The highest BCUT2D eigenvalue weighted by molar-refractivity contribution is 6.33. The van der Waals surface area contributed by atoms with Crippen LogP contribution in [0.3, 0.4) is 0 Å². The monoisotopic (exact) mass is 264 g/mol. The molecule has 0 aliphatic heterocycles. The molecule has 19 heavy (non-hydrogen) atoms. The second-order valence-electron chi connectivity index (χ2n) is 3.99. The molecule has 1 aromatic carbocycles. The van der Waals surface area contributed by atoms with Crippen molar-refractivity contribution in [3.8, 4) is 0 Å². The average molecular weight is 264 g/mol. The van der Waals surface area contributed by atoms with Crippen molar-refractivity contribution < 1.29 is 19.5 Å². The molecule has 0 aliphatic rings. The van der Waals surface area contributed by atoms with E-state index in [9.17, 15) is 14.4 Å². The number of nitrogens with two attached hydrogens (primary N) is 1. The third-order valence-electron chi connectivity index (χ3n) is 2.52. The van der Waals surface area contributed by atoms with E-state index in [0.717, 1.165) is 5.56 Å². The molecule has 0 fully saturated rings. The van der Waals surface area contributed by atoms with E-state index in [1.165, 1.54) is 4.90 Å². The molecular weight excluding hydrogens is 248 g/mol. The molecule has 0 bridgehead atoms. The summed E-state index contributed by atoms with van der Waals surface area (Å²) in [4.78, 5) is 34.8. The normalized spacial score (nSPS) is 9.95. The molecule has 6 nitrogen and oxygen atoms in total. The minimum Gasteiger partial charge on any atom is -0.475 e. The number of amides is 1. The zero-order valence-corrected chi connectivity index (χ0v) is 10.4. The summed E-state index contributed by atoms with van der Waals surface area (Å²) in [6.45, 7) is -0.115. The highest BCUT2D eigenvalue weighted by atomic mass is 16.4. The van der Waals surface area contributed by atoms with Crippen molar-refractivity contribution in [2.75, 3.05) is 19.6 Å². The Labute approximate surface area is 110 Å². The third kappa shape index (κ3) is 4.89. The highest BCUT2D eigenvalue weighted by Gasteiger charge is 2.20. The molecular formula is C13H16N2O4. The molecule has 0 saturated heterocycles. The van der Waals surface area contributed by atoms with Gasteiger partial charge in [0.15, 0.2) is 0 Å². The van der Waals surface area contributed by atoms with Gasteiger partial charge in [0.2, 0.25) is 5.91 Å². The number of carboxylic acids is 1. The highest BCUT2D eigenvalue weighted by Crippen LogP contribution is 2.03. The number of aliphatic carboxylic acids is 1. The van der Waals surface area contributed by atoms with Crippen molar-refractivity contribution in [1.29, 1.82) is 0 Å². The lowest BCUT2D eigenvalue weighted by Crippen LogP contribution is -2.41. The first kappa shape index (κ1) is 14.8. The average Bonchev–Trinajstić information content (AvgIpc) is 2.39. The van der Waals surface area contributed by atoms with Crippen LogP contribution < -0.4 is 5.73 Å². The van der Waals surface area contributed by atoms with Gasteiger partial charge in [0.25, 0.3) is 5.78 Å². The van der Waals surface area contributed by atoms with Gasteiger partial charge in [-0.15, -0.1) is 0 Å². The lowest BCUT2D eigenvalue weighted by Gasteiger charge is -2.20. The van der Waals surface area contributed by atoms with Crippen molar-refractivity contribution in [2.24, 2.45) is 5.73 Å². The number of hydrogen-bond acceptors (Lipinski definition) is 4. The largest absolute Gasteiger partial charge is 0.475 e. The molecule has 0 atom stereocenters. The Hall–Kier alpha value is -2.21. The fourth-order valence-electron chi connectivity index (χ4n) is 1.57. The lowest BCUT2D eigenvalue weighted by molar-refractivity contribution is -0.150. The number of hydrogen-bond donors (Lipinski definition) is 2. The summed E-state index contributed by atoms with van der Waals surface area (Å²) in [5.74, 6) is -2.88. The molecule has 1 amide bonds. The van der Waals surface area contributed by atoms with Crippen LogP contribution in [0.5, 0.6) is 0 Å². The van der Waals surface area contributed by atoms with E-state index >= 15 is 0 Å². The molecule has 0 saturated carbocycles. The van der Waals surface area contributed by atoms with Crippen LogP contribution in [0.25, 0.3) is 0 Å². The number of benzene rings is 1. The number of Topliss-reactive ketones (excluding diaryl/α,β-unsaturated/α-hetero) is 1. The van der Waals surface area contributed by atoms with E-state index in [0.29, 0.717) is 0 Å². The van der Waals surface area contributed by atoms with Gasteiger partial charge >= 0.3 is 5.97 Å². The quantitative estimate of drug-likeness (QED) is 0.657. The van der Waals surface area contributed by atoms with E-state index in [1.54, 1.807) is 24.3 Å². The van der Waals surface area contributed by atoms with Crippen molar-refractivity contribution in [3.05, 3.63) is 35.9 Å². The van der Waals surface area contributed by atoms with E-state index in [2.05, 4.69) is 0 Å². The molecule has 0 spiro atoms. The van der Waals surface area contributed by atoms with Crippen molar-refractivity contribution >= 4 is 17.7 Å². The zero-order chi connectivity index (χ0) is 14.3. The molecule has 3 N–H and O–H groups in total. The van der Waals surface area contributed by atoms with Gasteiger partial charge in [-0.1, -0.05) is 30.3 Å². The molecule has 6 heteroatoms. The topological polar surface area (TPSA) is 101 Å². The Bertz CT molecular complexity index is 459. The number of ketones is 1. The van der Waals surface area contributed by atoms with Gasteiger partial charge in [-0.3, -0.25) is 9.59 Å². The number of carbonyl (C=O) groups excluding carboxylic acids is 2. The van der Waals surface area contributed by atoms with E-state index < -0.39 is 18.3 Å². The van der Waals surface area contributed by atoms with E-state index in [-0.39, 0.29) is 25.4 Å². The fraction of sp³-hybridized carbons (Fsp3) is 0.308. The van der Waals surface area contributed by atoms with Crippen LogP contribution >= 0.6 is 0 Å². The maximum absolute atomic E-state index is 12.0. The van der Waals surface area contributed by atoms with Crippen LogP contribution in [0.4, 0.5) is 0 Å². The minimum atomic E-state index is -1.55. The minimum absolute atomic E-state index is 0.119. The van der Waals surface area contributed by atoms with Gasteiger partial charge in [-0.05, 0) is 5.56 Å². The van der Waals surface area contributed by atoms with Gasteiger partial charge in [0, 0.05) is 13.1 Å². The molecule has 1 rings (SSSR count). The van der Waals surface area contributed by atoms with E-state index in [4.69, 9.17) is 10.8 Å². The first-order valence-electron chi connectivity index (χ1n) is 5.82. The second-order valence-corrected chi connectivity index (χ2v) is 3.99. The SMILES string of the molecule is NCCN(CC(=O)C(=O)O)C(=O)Cc1ccccc1. The maximum Gasteiger partial charge on any atom is 0.374 e. The summed E-state index contributed by atoms with van der Waals surface area (Å²) in [5.41, 5.74) is 6.16. The lowest BCUT2D eigenvalue weighted by atomic mass is 10.1. The van der Waals surface area contributed by atoms with Gasteiger partial charge in [-0.2, -0.15) is 0 Å². The number of nitrogens with zero attached hydrogens (tertiary/aromatic N) is 1. The molecule has 0 radical (unpaired) electrons. The van der Waals surface area contributed by atoms with Gasteiger partial charge < -0.3 is 15.7 Å². The predicted molar refractivity (Wildman–Crippen MR) is 68.4 cm³/mol. The molecule has 0 unspecified atom stereocenters. The summed E-state index contributed by atoms with van der Waals surface area (Å²) in [6, 6.07) is 9.02. The summed E-state index contributed by atoms with van der Waals surface area (Å²) >= 11 is 0. The molecule has 1 aromatic rings. The smallest absolute Gasteiger partial charge is 0.374 e.